The minimum absolute atomic E-state index is 0.0971. The quantitative estimate of drug-likeness (QED) is 0.616. The van der Waals surface area contributed by atoms with E-state index in [0.717, 1.165) is 12.2 Å². The molecular formula is C12H10O6. The van der Waals surface area contributed by atoms with Gasteiger partial charge in [0.2, 0.25) is 0 Å². The van der Waals surface area contributed by atoms with Gasteiger partial charge in [0.05, 0.1) is 18.2 Å². The molecule has 0 aliphatic carbocycles. The number of aromatic carboxylic acids is 1. The summed E-state index contributed by atoms with van der Waals surface area (Å²) < 4.78 is 4.49. The second kappa shape index (κ2) is 5.62. The van der Waals surface area contributed by atoms with Crippen LogP contribution < -0.4 is 0 Å². The molecule has 94 valence electrons. The first kappa shape index (κ1) is 13.4. The number of benzene rings is 1. The van der Waals surface area contributed by atoms with Crippen LogP contribution in [-0.2, 0) is 9.53 Å². The SMILES string of the molecule is COC(=O)c1ccc(C(=O)O)c(/C=C/C(=O)O)c1. The number of methoxy groups -OCH3 is 1. The monoisotopic (exact) mass is 250 g/mol. The molecule has 0 aliphatic heterocycles. The number of rotatable bonds is 4. The Hall–Kier alpha value is -2.63. The third-order valence-corrected chi connectivity index (χ3v) is 2.11. The molecule has 0 aliphatic rings. The molecule has 6 nitrogen and oxygen atoms in total. The van der Waals surface area contributed by atoms with Crippen molar-refractivity contribution in [3.8, 4) is 0 Å². The third kappa shape index (κ3) is 3.18. The van der Waals surface area contributed by atoms with Crippen LogP contribution in [-0.4, -0.2) is 35.2 Å². The summed E-state index contributed by atoms with van der Waals surface area (Å²) in [6.45, 7) is 0. The van der Waals surface area contributed by atoms with Gasteiger partial charge in [-0.1, -0.05) is 0 Å². The van der Waals surface area contributed by atoms with Crippen molar-refractivity contribution >= 4 is 24.0 Å². The van der Waals surface area contributed by atoms with Gasteiger partial charge in [-0.05, 0) is 29.8 Å². The lowest BCUT2D eigenvalue weighted by Gasteiger charge is -2.04. The Kier molecular flexibility index (Phi) is 4.20. The summed E-state index contributed by atoms with van der Waals surface area (Å²) in [5, 5.41) is 17.4. The Morgan fingerprint density at radius 1 is 1.22 bits per heavy atom. The van der Waals surface area contributed by atoms with Gasteiger partial charge < -0.3 is 14.9 Å². The van der Waals surface area contributed by atoms with E-state index in [1.165, 1.54) is 25.3 Å². The number of ether oxygens (including phenoxy) is 1. The molecule has 0 fully saturated rings. The number of carbonyl (C=O) groups excluding carboxylic acids is 1. The fourth-order valence-corrected chi connectivity index (χ4v) is 1.30. The molecule has 0 aromatic heterocycles. The Bertz CT molecular complexity index is 529. The molecule has 18 heavy (non-hydrogen) atoms. The van der Waals surface area contributed by atoms with Crippen LogP contribution in [0.5, 0.6) is 0 Å². The summed E-state index contributed by atoms with van der Waals surface area (Å²) in [5.74, 6) is -3.05. The maximum atomic E-state index is 11.3. The van der Waals surface area contributed by atoms with Crippen LogP contribution in [0.15, 0.2) is 24.3 Å². The molecule has 0 saturated carbocycles. The number of hydrogen-bond acceptors (Lipinski definition) is 4. The van der Waals surface area contributed by atoms with Crippen molar-refractivity contribution in [1.82, 2.24) is 0 Å². The highest BCUT2D eigenvalue weighted by molar-refractivity contribution is 5.97. The van der Waals surface area contributed by atoms with E-state index in [2.05, 4.69) is 4.74 Å². The first-order valence-corrected chi connectivity index (χ1v) is 4.82. The molecule has 1 aromatic rings. The van der Waals surface area contributed by atoms with Crippen LogP contribution in [0.3, 0.4) is 0 Å². The van der Waals surface area contributed by atoms with Gasteiger partial charge in [0, 0.05) is 6.08 Å². The van der Waals surface area contributed by atoms with E-state index in [9.17, 15) is 14.4 Å². The maximum absolute atomic E-state index is 11.3. The van der Waals surface area contributed by atoms with Crippen molar-refractivity contribution in [2.24, 2.45) is 0 Å². The van der Waals surface area contributed by atoms with Crippen molar-refractivity contribution in [3.05, 3.63) is 41.0 Å². The summed E-state index contributed by atoms with van der Waals surface area (Å²) >= 11 is 0. The van der Waals surface area contributed by atoms with Crippen LogP contribution >= 0.6 is 0 Å². The average Bonchev–Trinajstić information content (AvgIpc) is 2.34. The van der Waals surface area contributed by atoms with E-state index in [0.29, 0.717) is 0 Å². The Labute approximate surface area is 102 Å². The number of hydrogen-bond donors (Lipinski definition) is 2. The minimum Gasteiger partial charge on any atom is -0.478 e. The Balaban J connectivity index is 3.28. The molecule has 0 radical (unpaired) electrons. The Morgan fingerprint density at radius 2 is 1.89 bits per heavy atom. The van der Waals surface area contributed by atoms with E-state index in [-0.39, 0.29) is 16.7 Å². The fourth-order valence-electron chi connectivity index (χ4n) is 1.30. The molecule has 0 bridgehead atoms. The van der Waals surface area contributed by atoms with Gasteiger partial charge in [-0.25, -0.2) is 14.4 Å². The zero-order chi connectivity index (χ0) is 13.7. The smallest absolute Gasteiger partial charge is 0.337 e. The van der Waals surface area contributed by atoms with E-state index in [1.54, 1.807) is 0 Å². The van der Waals surface area contributed by atoms with Crippen LogP contribution in [0.2, 0.25) is 0 Å². The van der Waals surface area contributed by atoms with Gasteiger partial charge in [0.1, 0.15) is 0 Å². The summed E-state index contributed by atoms with van der Waals surface area (Å²) in [6, 6.07) is 3.78. The first-order valence-electron chi connectivity index (χ1n) is 4.82. The zero-order valence-corrected chi connectivity index (χ0v) is 9.41. The molecule has 0 unspecified atom stereocenters. The molecule has 2 N–H and O–H groups in total. The molecule has 0 saturated heterocycles. The summed E-state index contributed by atoms with van der Waals surface area (Å²) in [4.78, 5) is 32.6. The standard InChI is InChI=1S/C12H10O6/c1-18-12(17)8-2-4-9(11(15)16)7(6-8)3-5-10(13)14/h2-6H,1H3,(H,13,14)(H,15,16)/b5-3+. The van der Waals surface area contributed by atoms with Crippen molar-refractivity contribution in [1.29, 1.82) is 0 Å². The van der Waals surface area contributed by atoms with Crippen molar-refractivity contribution in [2.45, 2.75) is 0 Å². The minimum atomic E-state index is -1.21. The van der Waals surface area contributed by atoms with Gasteiger partial charge in [-0.3, -0.25) is 0 Å². The topological polar surface area (TPSA) is 101 Å². The number of esters is 1. The third-order valence-electron chi connectivity index (χ3n) is 2.11. The highest BCUT2D eigenvalue weighted by Crippen LogP contribution is 2.15. The van der Waals surface area contributed by atoms with Gasteiger partial charge in [-0.15, -0.1) is 0 Å². The molecule has 0 heterocycles. The highest BCUT2D eigenvalue weighted by Gasteiger charge is 2.12. The number of carboxylic acid groups (broad SMARTS) is 2. The zero-order valence-electron chi connectivity index (χ0n) is 9.41. The molecule has 1 aromatic carbocycles. The summed E-state index contributed by atoms with van der Waals surface area (Å²) in [5.41, 5.74) is 0.167. The second-order valence-corrected chi connectivity index (χ2v) is 3.27. The molecular weight excluding hydrogens is 240 g/mol. The molecule has 1 rings (SSSR count). The van der Waals surface area contributed by atoms with E-state index >= 15 is 0 Å². The lowest BCUT2D eigenvalue weighted by Crippen LogP contribution is -2.05. The van der Waals surface area contributed by atoms with Crippen LogP contribution in [0.4, 0.5) is 0 Å². The first-order chi connectivity index (χ1) is 8.45. The largest absolute Gasteiger partial charge is 0.478 e. The van der Waals surface area contributed by atoms with Gasteiger partial charge >= 0.3 is 17.9 Å². The van der Waals surface area contributed by atoms with Gasteiger partial charge in [-0.2, -0.15) is 0 Å². The normalized spacial score (nSPS) is 10.3. The van der Waals surface area contributed by atoms with Crippen molar-refractivity contribution in [3.63, 3.8) is 0 Å². The maximum Gasteiger partial charge on any atom is 0.337 e. The Morgan fingerprint density at radius 3 is 2.39 bits per heavy atom. The number of carboxylic acids is 2. The van der Waals surface area contributed by atoms with Crippen LogP contribution in [0.1, 0.15) is 26.3 Å². The molecule has 0 amide bonds. The van der Waals surface area contributed by atoms with Crippen molar-refractivity contribution in [2.75, 3.05) is 7.11 Å². The lowest BCUT2D eigenvalue weighted by atomic mass is 10.0. The van der Waals surface area contributed by atoms with Gasteiger partial charge in [0.25, 0.3) is 0 Å². The average molecular weight is 250 g/mol. The molecule has 0 atom stereocenters. The summed E-state index contributed by atoms with van der Waals surface area (Å²) in [6.07, 6.45) is 1.90. The van der Waals surface area contributed by atoms with Crippen LogP contribution in [0, 0.1) is 0 Å². The van der Waals surface area contributed by atoms with E-state index in [1.807, 2.05) is 0 Å². The van der Waals surface area contributed by atoms with Crippen molar-refractivity contribution < 1.29 is 29.3 Å². The predicted molar refractivity (Wildman–Crippen MR) is 61.4 cm³/mol. The van der Waals surface area contributed by atoms with E-state index in [4.69, 9.17) is 10.2 Å². The fraction of sp³-hybridized carbons (Fsp3) is 0.0833. The highest BCUT2D eigenvalue weighted by atomic mass is 16.5. The number of aliphatic carboxylic acids is 1. The van der Waals surface area contributed by atoms with E-state index < -0.39 is 17.9 Å². The van der Waals surface area contributed by atoms with Crippen LogP contribution in [0.25, 0.3) is 6.08 Å². The second-order valence-electron chi connectivity index (χ2n) is 3.27. The number of carbonyl (C=O) groups is 3. The van der Waals surface area contributed by atoms with Gasteiger partial charge in [0.15, 0.2) is 0 Å². The molecule has 6 heteroatoms. The summed E-state index contributed by atoms with van der Waals surface area (Å²) in [7, 11) is 1.19. The molecule has 0 spiro atoms. The predicted octanol–water partition coefficient (Wildman–Crippen LogP) is 1.27. The lowest BCUT2D eigenvalue weighted by molar-refractivity contribution is -0.131.